The van der Waals surface area contributed by atoms with Crippen LogP contribution in [0.2, 0.25) is 0 Å². The van der Waals surface area contributed by atoms with Crippen LogP contribution in [0, 0.1) is 0 Å². The Balaban J connectivity index is 1.93. The first kappa shape index (κ1) is 20.9. The van der Waals surface area contributed by atoms with Crippen LogP contribution >= 0.6 is 0 Å². The first-order valence-corrected chi connectivity index (χ1v) is 9.43. The predicted molar refractivity (Wildman–Crippen MR) is 107 cm³/mol. The van der Waals surface area contributed by atoms with Crippen LogP contribution in [0.25, 0.3) is 0 Å². The maximum absolute atomic E-state index is 13.6. The summed E-state index contributed by atoms with van der Waals surface area (Å²) in [7, 11) is 0. The molecule has 10 nitrogen and oxygen atoms in total. The van der Waals surface area contributed by atoms with Crippen molar-refractivity contribution in [3.05, 3.63) is 58.6 Å². The number of benzene rings is 2. The van der Waals surface area contributed by atoms with E-state index in [1.165, 1.54) is 0 Å². The summed E-state index contributed by atoms with van der Waals surface area (Å²) in [5.41, 5.74) is -2.06. The number of aliphatic hydroxyl groups is 1. The number of carbonyl (C=O) groups excluding carboxylic acids is 2. The van der Waals surface area contributed by atoms with Crippen molar-refractivity contribution in [3.8, 4) is 34.5 Å². The molecule has 0 radical (unpaired) electrons. The monoisotopic (exact) mass is 442 g/mol. The second-order valence-corrected chi connectivity index (χ2v) is 7.56. The highest BCUT2D eigenvalue weighted by Crippen LogP contribution is 2.49. The van der Waals surface area contributed by atoms with E-state index in [1.807, 2.05) is 0 Å². The summed E-state index contributed by atoms with van der Waals surface area (Å²) < 4.78 is 5.92. The third-order valence-corrected chi connectivity index (χ3v) is 5.53. The average Bonchev–Trinajstić information content (AvgIpc) is 2.73. The third-order valence-electron chi connectivity index (χ3n) is 5.53. The number of rotatable bonds is 3. The maximum Gasteiger partial charge on any atom is 0.211 e. The van der Waals surface area contributed by atoms with Crippen molar-refractivity contribution in [3.63, 3.8) is 0 Å². The van der Waals surface area contributed by atoms with E-state index >= 15 is 0 Å². The summed E-state index contributed by atoms with van der Waals surface area (Å²) in [6.07, 6.45) is 0.823. The number of phenolic OH excluding ortho intramolecular Hbond substituents is 6. The molecule has 0 amide bonds. The van der Waals surface area contributed by atoms with Gasteiger partial charge in [0, 0.05) is 29.2 Å². The highest BCUT2D eigenvalue weighted by Gasteiger charge is 2.49. The molecular weight excluding hydrogens is 424 g/mol. The van der Waals surface area contributed by atoms with E-state index in [2.05, 4.69) is 0 Å². The molecule has 1 aliphatic heterocycles. The molecule has 7 N–H and O–H groups in total. The summed E-state index contributed by atoms with van der Waals surface area (Å²) in [4.78, 5) is 25.6. The smallest absolute Gasteiger partial charge is 0.211 e. The lowest BCUT2D eigenvalue weighted by molar-refractivity contribution is -0.115. The molecular formula is C22H18O10. The van der Waals surface area contributed by atoms with Gasteiger partial charge < -0.3 is 40.5 Å². The summed E-state index contributed by atoms with van der Waals surface area (Å²) in [6, 6.07) is 3.78. The molecule has 1 aliphatic carbocycles. The maximum atomic E-state index is 13.6. The highest BCUT2D eigenvalue weighted by atomic mass is 16.5. The molecule has 1 atom stereocenters. The molecule has 2 aromatic rings. The molecule has 0 bridgehead atoms. The standard InChI is InChI=1S/C22H18O10/c23-11-7-13(24)12-1-2-22(32-18(12)8-11,10-5-16(27)20(30)17(28)6-10)21(31)9-3-14(25)19(29)15(26)4-9/h3-6,8,24-30H,1-2,7H2. The number of ether oxygens (including phenoxy) is 1. The number of Topliss-reactive ketones (excluding diaryl/α,β-unsaturated/α-hetero) is 1. The molecule has 1 saturated heterocycles. The van der Waals surface area contributed by atoms with E-state index in [0.717, 1.165) is 30.3 Å². The fourth-order valence-electron chi connectivity index (χ4n) is 3.90. The molecule has 2 aromatic carbocycles. The van der Waals surface area contributed by atoms with Crippen LogP contribution in [-0.2, 0) is 15.1 Å². The lowest BCUT2D eigenvalue weighted by atomic mass is 9.77. The van der Waals surface area contributed by atoms with Crippen LogP contribution in [0.1, 0.15) is 35.2 Å². The van der Waals surface area contributed by atoms with Crippen LogP contribution in [0.15, 0.2) is 47.4 Å². The van der Waals surface area contributed by atoms with Crippen molar-refractivity contribution < 1.29 is 50.1 Å². The molecule has 32 heavy (non-hydrogen) atoms. The minimum absolute atomic E-state index is 0.0646. The van der Waals surface area contributed by atoms with E-state index in [4.69, 9.17) is 4.74 Å². The number of hydrogen-bond donors (Lipinski definition) is 7. The summed E-state index contributed by atoms with van der Waals surface area (Å²) in [5, 5.41) is 69.2. The number of carbonyl (C=O) groups is 2. The summed E-state index contributed by atoms with van der Waals surface area (Å²) in [6.45, 7) is 0. The molecule has 1 fully saturated rings. The lowest BCUT2D eigenvalue weighted by Crippen LogP contribution is -2.42. The van der Waals surface area contributed by atoms with Crippen LogP contribution in [0.5, 0.6) is 34.5 Å². The van der Waals surface area contributed by atoms with Gasteiger partial charge in [0.2, 0.25) is 5.78 Å². The van der Waals surface area contributed by atoms with Crippen molar-refractivity contribution >= 4 is 11.6 Å². The van der Waals surface area contributed by atoms with E-state index < -0.39 is 51.7 Å². The second-order valence-electron chi connectivity index (χ2n) is 7.56. The van der Waals surface area contributed by atoms with Crippen LogP contribution < -0.4 is 0 Å². The number of aromatic hydroxyl groups is 6. The van der Waals surface area contributed by atoms with Gasteiger partial charge >= 0.3 is 0 Å². The number of hydrogen-bond acceptors (Lipinski definition) is 10. The Labute approximate surface area is 180 Å². The molecule has 166 valence electrons. The fourth-order valence-corrected chi connectivity index (χ4v) is 3.90. The molecule has 10 heteroatoms. The Hall–Kier alpha value is -4.34. The van der Waals surface area contributed by atoms with Gasteiger partial charge in [-0.25, -0.2) is 0 Å². The van der Waals surface area contributed by atoms with Gasteiger partial charge in [-0.15, -0.1) is 0 Å². The van der Waals surface area contributed by atoms with E-state index in [0.29, 0.717) is 5.57 Å². The minimum Gasteiger partial charge on any atom is -0.511 e. The van der Waals surface area contributed by atoms with Gasteiger partial charge in [0.25, 0.3) is 0 Å². The Bertz CT molecular complexity index is 1190. The van der Waals surface area contributed by atoms with Crippen LogP contribution in [0.3, 0.4) is 0 Å². The first-order chi connectivity index (χ1) is 15.0. The van der Waals surface area contributed by atoms with Gasteiger partial charge in [0.1, 0.15) is 11.5 Å². The minimum atomic E-state index is -1.99. The number of phenols is 6. The summed E-state index contributed by atoms with van der Waals surface area (Å²) >= 11 is 0. The fraction of sp³-hybridized carbons (Fsp3) is 0.182. The van der Waals surface area contributed by atoms with Gasteiger partial charge in [-0.2, -0.15) is 0 Å². The zero-order chi connectivity index (χ0) is 23.4. The first-order valence-electron chi connectivity index (χ1n) is 9.43. The van der Waals surface area contributed by atoms with Crippen molar-refractivity contribution in [2.45, 2.75) is 24.9 Å². The van der Waals surface area contributed by atoms with Gasteiger partial charge in [-0.1, -0.05) is 0 Å². The van der Waals surface area contributed by atoms with Gasteiger partial charge in [0.15, 0.2) is 45.9 Å². The SMILES string of the molecule is O=C1C=C2OC(C(=O)c3cc(O)c(O)c(O)c3)(c3cc(O)c(O)c(O)c3)CCC2=C(O)C1. The van der Waals surface area contributed by atoms with E-state index in [9.17, 15) is 45.3 Å². The van der Waals surface area contributed by atoms with Crippen molar-refractivity contribution in [2.75, 3.05) is 0 Å². The quantitative estimate of drug-likeness (QED) is 0.275. The van der Waals surface area contributed by atoms with E-state index in [1.54, 1.807) is 0 Å². The predicted octanol–water partition coefficient (Wildman–Crippen LogP) is 2.48. The van der Waals surface area contributed by atoms with Crippen molar-refractivity contribution in [1.82, 2.24) is 0 Å². The lowest BCUT2D eigenvalue weighted by Gasteiger charge is -2.40. The Kier molecular flexibility index (Phi) is 4.65. The van der Waals surface area contributed by atoms with Crippen LogP contribution in [0.4, 0.5) is 0 Å². The highest BCUT2D eigenvalue weighted by molar-refractivity contribution is 6.04. The zero-order valence-electron chi connectivity index (χ0n) is 16.4. The topological polar surface area (TPSA) is 185 Å². The number of aliphatic hydroxyl groups excluding tert-OH is 1. The molecule has 4 rings (SSSR count). The van der Waals surface area contributed by atoms with Crippen molar-refractivity contribution in [1.29, 1.82) is 0 Å². The largest absolute Gasteiger partial charge is 0.511 e. The molecule has 1 unspecified atom stereocenters. The van der Waals surface area contributed by atoms with Gasteiger partial charge in [-0.05, 0) is 30.7 Å². The van der Waals surface area contributed by atoms with Crippen molar-refractivity contribution in [2.24, 2.45) is 0 Å². The second kappa shape index (κ2) is 7.12. The number of allylic oxidation sites excluding steroid dienone is 3. The molecule has 0 aromatic heterocycles. The number of fused-ring (bicyclic) bond motifs is 1. The Morgan fingerprint density at radius 2 is 1.38 bits per heavy atom. The summed E-state index contributed by atoms with van der Waals surface area (Å²) in [5.74, 6) is -6.32. The molecule has 1 heterocycles. The molecule has 2 aliphatic rings. The van der Waals surface area contributed by atoms with Gasteiger partial charge in [0.05, 0.1) is 6.42 Å². The Morgan fingerprint density at radius 3 is 1.94 bits per heavy atom. The zero-order valence-corrected chi connectivity index (χ0v) is 16.4. The average molecular weight is 442 g/mol. The third kappa shape index (κ3) is 3.13. The normalized spacial score (nSPS) is 20.4. The van der Waals surface area contributed by atoms with Crippen LogP contribution in [-0.4, -0.2) is 47.3 Å². The van der Waals surface area contributed by atoms with E-state index in [-0.39, 0.29) is 41.9 Å². The molecule has 0 saturated carbocycles. The molecule has 0 spiro atoms. The Morgan fingerprint density at radius 1 is 0.844 bits per heavy atom. The number of ketones is 2. The van der Waals surface area contributed by atoms with Gasteiger partial charge in [-0.3, -0.25) is 9.59 Å².